The van der Waals surface area contributed by atoms with Crippen LogP contribution in [0, 0.1) is 0 Å². The summed E-state index contributed by atoms with van der Waals surface area (Å²) >= 11 is 0. The van der Waals surface area contributed by atoms with Crippen molar-refractivity contribution in [2.45, 2.75) is 58.0 Å². The topological polar surface area (TPSA) is 29.9 Å². The minimum Gasteiger partial charge on any atom is -0.382 e. The molecular weight excluding hydrogens is 234 g/mol. The van der Waals surface area contributed by atoms with Crippen LogP contribution in [-0.2, 0) is 12.8 Å². The van der Waals surface area contributed by atoms with Gasteiger partial charge in [-0.1, -0.05) is 0 Å². The number of aromatic nitrogens is 2. The second-order valence-electron chi connectivity index (χ2n) is 6.18. The number of benzene rings is 1. The van der Waals surface area contributed by atoms with Crippen LogP contribution in [0.15, 0.2) is 12.1 Å². The van der Waals surface area contributed by atoms with Gasteiger partial charge >= 0.3 is 0 Å². The third-order valence-corrected chi connectivity index (χ3v) is 4.73. The van der Waals surface area contributed by atoms with Gasteiger partial charge in [-0.05, 0) is 51.7 Å². The van der Waals surface area contributed by atoms with Gasteiger partial charge < -0.3 is 9.88 Å². The first-order chi connectivity index (χ1) is 9.24. The van der Waals surface area contributed by atoms with Crippen LogP contribution >= 0.6 is 0 Å². The molecule has 1 aromatic heterocycles. The molecule has 100 valence electrons. The average Bonchev–Trinajstić information content (AvgIpc) is 2.78. The standard InChI is InChI=1S/C16H21N3/c1-10-6-7-12-13(17-10)8-9-14-16(12)18-15-5-3-4-11(2)19(14)15/h8-11,17H,3-7H2,1-2H3. The lowest BCUT2D eigenvalue weighted by atomic mass is 9.97. The number of hydrogen-bond acceptors (Lipinski definition) is 2. The number of imidazole rings is 1. The maximum Gasteiger partial charge on any atom is 0.110 e. The molecule has 2 atom stereocenters. The lowest BCUT2D eigenvalue weighted by molar-refractivity contribution is 0.435. The van der Waals surface area contributed by atoms with E-state index >= 15 is 0 Å². The quantitative estimate of drug-likeness (QED) is 0.778. The molecule has 0 saturated heterocycles. The van der Waals surface area contributed by atoms with Crippen LogP contribution in [0.1, 0.15) is 50.5 Å². The number of aryl methyl sites for hydroxylation is 2. The minimum absolute atomic E-state index is 0.584. The molecule has 0 radical (unpaired) electrons. The Hall–Kier alpha value is -1.51. The Morgan fingerprint density at radius 2 is 2.11 bits per heavy atom. The third-order valence-electron chi connectivity index (χ3n) is 4.73. The second kappa shape index (κ2) is 3.99. The van der Waals surface area contributed by atoms with Gasteiger partial charge in [-0.3, -0.25) is 0 Å². The van der Waals surface area contributed by atoms with Gasteiger partial charge in [-0.15, -0.1) is 0 Å². The molecule has 3 heterocycles. The van der Waals surface area contributed by atoms with Gasteiger partial charge in [0.2, 0.25) is 0 Å². The Balaban J connectivity index is 1.96. The first-order valence-corrected chi connectivity index (χ1v) is 7.53. The van der Waals surface area contributed by atoms with E-state index in [1.165, 1.54) is 47.4 Å². The van der Waals surface area contributed by atoms with E-state index in [1.54, 1.807) is 0 Å². The zero-order chi connectivity index (χ0) is 13.0. The van der Waals surface area contributed by atoms with E-state index in [9.17, 15) is 0 Å². The van der Waals surface area contributed by atoms with E-state index in [0.717, 1.165) is 12.8 Å². The normalized spacial score (nSPS) is 25.8. The summed E-state index contributed by atoms with van der Waals surface area (Å²) in [5.41, 5.74) is 5.33. The van der Waals surface area contributed by atoms with Crippen molar-refractivity contribution in [3.8, 4) is 0 Å². The molecule has 19 heavy (non-hydrogen) atoms. The lowest BCUT2D eigenvalue weighted by Gasteiger charge is -2.25. The Kier molecular flexibility index (Phi) is 2.38. The predicted octanol–water partition coefficient (Wildman–Crippen LogP) is 3.68. The molecule has 3 heteroatoms. The molecule has 3 nitrogen and oxygen atoms in total. The van der Waals surface area contributed by atoms with Crippen molar-refractivity contribution in [2.24, 2.45) is 0 Å². The summed E-state index contributed by atoms with van der Waals surface area (Å²) < 4.78 is 2.47. The van der Waals surface area contributed by atoms with E-state index in [0.29, 0.717) is 12.1 Å². The van der Waals surface area contributed by atoms with Crippen molar-refractivity contribution in [3.63, 3.8) is 0 Å². The minimum atomic E-state index is 0.584. The van der Waals surface area contributed by atoms with E-state index in [2.05, 4.69) is 35.9 Å². The summed E-state index contributed by atoms with van der Waals surface area (Å²) in [6, 6.07) is 5.70. The first-order valence-electron chi connectivity index (χ1n) is 7.53. The van der Waals surface area contributed by atoms with E-state index < -0.39 is 0 Å². The van der Waals surface area contributed by atoms with Crippen LogP contribution in [0.2, 0.25) is 0 Å². The molecule has 1 aromatic carbocycles. The highest BCUT2D eigenvalue weighted by molar-refractivity contribution is 5.86. The van der Waals surface area contributed by atoms with Gasteiger partial charge in [0, 0.05) is 29.8 Å². The number of hydrogen-bond donors (Lipinski definition) is 1. The van der Waals surface area contributed by atoms with Gasteiger partial charge in [0.25, 0.3) is 0 Å². The van der Waals surface area contributed by atoms with E-state index in [1.807, 2.05) is 0 Å². The molecular formula is C16H21N3. The summed E-state index contributed by atoms with van der Waals surface area (Å²) in [7, 11) is 0. The number of nitrogens with one attached hydrogen (secondary N) is 1. The van der Waals surface area contributed by atoms with Gasteiger partial charge in [0.15, 0.2) is 0 Å². The Bertz CT molecular complexity index is 641. The molecule has 0 amide bonds. The monoisotopic (exact) mass is 255 g/mol. The number of anilines is 1. The fourth-order valence-corrected chi connectivity index (χ4v) is 3.70. The van der Waals surface area contributed by atoms with Gasteiger partial charge in [0.05, 0.1) is 11.0 Å². The van der Waals surface area contributed by atoms with Crippen molar-refractivity contribution < 1.29 is 0 Å². The van der Waals surface area contributed by atoms with Crippen molar-refractivity contribution in [3.05, 3.63) is 23.5 Å². The molecule has 1 N–H and O–H groups in total. The van der Waals surface area contributed by atoms with E-state index in [4.69, 9.17) is 4.98 Å². The van der Waals surface area contributed by atoms with Crippen LogP contribution in [-0.4, -0.2) is 15.6 Å². The molecule has 0 aliphatic carbocycles. The lowest BCUT2D eigenvalue weighted by Crippen LogP contribution is -2.22. The average molecular weight is 255 g/mol. The molecule has 4 rings (SSSR count). The summed E-state index contributed by atoms with van der Waals surface area (Å²) in [5, 5.41) is 3.59. The van der Waals surface area contributed by atoms with Crippen molar-refractivity contribution in [1.29, 1.82) is 0 Å². The summed E-state index contributed by atoms with van der Waals surface area (Å²) in [6.45, 7) is 4.58. The third kappa shape index (κ3) is 1.60. The smallest absolute Gasteiger partial charge is 0.110 e. The Morgan fingerprint density at radius 3 is 3.00 bits per heavy atom. The van der Waals surface area contributed by atoms with Crippen LogP contribution in [0.25, 0.3) is 11.0 Å². The van der Waals surface area contributed by atoms with Gasteiger partial charge in [0.1, 0.15) is 5.82 Å². The SMILES string of the molecule is CC1CCc2c(ccc3c2nc2n3C(C)CCC2)N1. The Morgan fingerprint density at radius 1 is 1.21 bits per heavy atom. The molecule has 2 aliphatic rings. The van der Waals surface area contributed by atoms with E-state index in [-0.39, 0.29) is 0 Å². The molecule has 0 saturated carbocycles. The predicted molar refractivity (Wildman–Crippen MR) is 78.8 cm³/mol. The Labute approximate surface area is 114 Å². The van der Waals surface area contributed by atoms with Crippen LogP contribution < -0.4 is 5.32 Å². The molecule has 2 aromatic rings. The number of nitrogens with zero attached hydrogens (tertiary/aromatic N) is 2. The molecule has 0 bridgehead atoms. The number of fused-ring (bicyclic) bond motifs is 5. The maximum atomic E-state index is 4.96. The van der Waals surface area contributed by atoms with Crippen molar-refractivity contribution in [2.75, 3.05) is 5.32 Å². The molecule has 0 spiro atoms. The highest BCUT2D eigenvalue weighted by atomic mass is 15.1. The largest absolute Gasteiger partial charge is 0.382 e. The van der Waals surface area contributed by atoms with Gasteiger partial charge in [-0.2, -0.15) is 0 Å². The van der Waals surface area contributed by atoms with Crippen molar-refractivity contribution >= 4 is 16.7 Å². The second-order valence-corrected chi connectivity index (χ2v) is 6.18. The fraction of sp³-hybridized carbons (Fsp3) is 0.562. The molecule has 2 unspecified atom stereocenters. The highest BCUT2D eigenvalue weighted by Gasteiger charge is 2.24. The first kappa shape index (κ1) is 11.3. The number of rotatable bonds is 0. The van der Waals surface area contributed by atoms with Crippen LogP contribution in [0.5, 0.6) is 0 Å². The van der Waals surface area contributed by atoms with Crippen molar-refractivity contribution in [1.82, 2.24) is 9.55 Å². The zero-order valence-corrected chi connectivity index (χ0v) is 11.7. The summed E-state index contributed by atoms with van der Waals surface area (Å²) in [6.07, 6.45) is 6.07. The maximum absolute atomic E-state index is 4.96. The summed E-state index contributed by atoms with van der Waals surface area (Å²) in [4.78, 5) is 4.96. The summed E-state index contributed by atoms with van der Waals surface area (Å²) in [5.74, 6) is 1.29. The highest BCUT2D eigenvalue weighted by Crippen LogP contribution is 2.35. The zero-order valence-electron chi connectivity index (χ0n) is 11.7. The van der Waals surface area contributed by atoms with Crippen LogP contribution in [0.3, 0.4) is 0 Å². The molecule has 0 fully saturated rings. The van der Waals surface area contributed by atoms with Crippen LogP contribution in [0.4, 0.5) is 5.69 Å². The van der Waals surface area contributed by atoms with Gasteiger partial charge in [-0.25, -0.2) is 4.98 Å². The molecule has 2 aliphatic heterocycles. The fourth-order valence-electron chi connectivity index (χ4n) is 3.70.